The zero-order valence-electron chi connectivity index (χ0n) is 8.58. The summed E-state index contributed by atoms with van der Waals surface area (Å²) in [6.07, 6.45) is 0. The molecule has 0 spiro atoms. The summed E-state index contributed by atoms with van der Waals surface area (Å²) >= 11 is 13.5. The molecule has 0 bridgehead atoms. The molecule has 2 aromatic rings. The van der Waals surface area contributed by atoms with Gasteiger partial charge in [0.2, 0.25) is 0 Å². The van der Waals surface area contributed by atoms with E-state index in [-0.39, 0.29) is 11.9 Å². The first-order valence-electron chi connectivity index (χ1n) is 4.77. The molecule has 0 aliphatic carbocycles. The van der Waals surface area contributed by atoms with Crippen LogP contribution in [0.4, 0.5) is 4.39 Å². The van der Waals surface area contributed by atoms with Crippen LogP contribution in [-0.4, -0.2) is 0 Å². The summed E-state index contributed by atoms with van der Waals surface area (Å²) in [6.45, 7) is 0. The van der Waals surface area contributed by atoms with Crippen molar-refractivity contribution in [3.8, 4) is 0 Å². The van der Waals surface area contributed by atoms with E-state index in [0.29, 0.717) is 15.6 Å². The fourth-order valence-corrected chi connectivity index (χ4v) is 3.07. The third-order valence-corrected chi connectivity index (χ3v) is 4.10. The van der Waals surface area contributed by atoms with Gasteiger partial charge in [0.25, 0.3) is 0 Å². The average molecular weight is 291 g/mol. The highest BCUT2D eigenvalue weighted by atomic mass is 35.5. The van der Waals surface area contributed by atoms with Crippen molar-refractivity contribution in [1.82, 2.24) is 5.43 Å². The third kappa shape index (κ3) is 2.61. The monoisotopic (exact) mass is 290 g/mol. The summed E-state index contributed by atoms with van der Waals surface area (Å²) in [5.74, 6) is 5.13. The molecule has 1 heterocycles. The number of nitrogens with two attached hydrogens (primary N) is 1. The Hall–Kier alpha value is -0.650. The molecule has 1 unspecified atom stereocenters. The first-order chi connectivity index (χ1) is 8.13. The van der Waals surface area contributed by atoms with Gasteiger partial charge >= 0.3 is 0 Å². The number of hydrogen-bond donors (Lipinski definition) is 2. The molecule has 0 saturated heterocycles. The van der Waals surface area contributed by atoms with Crippen LogP contribution < -0.4 is 11.3 Å². The molecule has 0 saturated carbocycles. The second kappa shape index (κ2) is 5.33. The van der Waals surface area contributed by atoms with Gasteiger partial charge in [-0.25, -0.2) is 9.82 Å². The lowest BCUT2D eigenvalue weighted by atomic mass is 10.1. The standard InChI is InChI=1S/C11H9Cl2FN2S/c12-8-3-4-17-11(8)10(16-15)7-2-1-6(14)5-9(7)13/h1-5,10,16H,15H2. The maximum absolute atomic E-state index is 13.0. The van der Waals surface area contributed by atoms with E-state index in [4.69, 9.17) is 29.0 Å². The minimum Gasteiger partial charge on any atom is -0.271 e. The number of benzene rings is 1. The molecule has 1 aromatic heterocycles. The Kier molecular flexibility index (Phi) is 4.01. The highest BCUT2D eigenvalue weighted by molar-refractivity contribution is 7.10. The van der Waals surface area contributed by atoms with Gasteiger partial charge in [-0.3, -0.25) is 5.84 Å². The van der Waals surface area contributed by atoms with E-state index in [9.17, 15) is 4.39 Å². The van der Waals surface area contributed by atoms with Gasteiger partial charge in [0.15, 0.2) is 0 Å². The molecule has 0 fully saturated rings. The summed E-state index contributed by atoms with van der Waals surface area (Å²) in [5.41, 5.74) is 3.34. The molecule has 2 rings (SSSR count). The van der Waals surface area contributed by atoms with Gasteiger partial charge in [0, 0.05) is 9.90 Å². The fraction of sp³-hybridized carbons (Fsp3) is 0.0909. The zero-order valence-corrected chi connectivity index (χ0v) is 10.9. The predicted octanol–water partition coefficient (Wildman–Crippen LogP) is 3.75. The van der Waals surface area contributed by atoms with Crippen LogP contribution in [0, 0.1) is 5.82 Å². The molecule has 90 valence electrons. The van der Waals surface area contributed by atoms with Crippen LogP contribution in [0.5, 0.6) is 0 Å². The van der Waals surface area contributed by atoms with E-state index < -0.39 is 0 Å². The smallest absolute Gasteiger partial charge is 0.124 e. The minimum atomic E-state index is -0.383. The predicted molar refractivity (Wildman–Crippen MR) is 69.9 cm³/mol. The maximum Gasteiger partial charge on any atom is 0.124 e. The van der Waals surface area contributed by atoms with Crippen molar-refractivity contribution >= 4 is 34.5 Å². The zero-order chi connectivity index (χ0) is 12.4. The van der Waals surface area contributed by atoms with E-state index in [2.05, 4.69) is 5.43 Å². The Balaban J connectivity index is 2.46. The van der Waals surface area contributed by atoms with E-state index in [0.717, 1.165) is 4.88 Å². The Labute approximate surface area is 112 Å². The second-order valence-electron chi connectivity index (χ2n) is 3.40. The van der Waals surface area contributed by atoms with Crippen LogP contribution in [-0.2, 0) is 0 Å². The van der Waals surface area contributed by atoms with Gasteiger partial charge in [0.05, 0.1) is 11.1 Å². The van der Waals surface area contributed by atoms with Crippen LogP contribution in [0.3, 0.4) is 0 Å². The number of rotatable bonds is 3. The fourth-order valence-electron chi connectivity index (χ4n) is 1.55. The normalized spacial score (nSPS) is 12.7. The lowest BCUT2D eigenvalue weighted by Crippen LogP contribution is -2.28. The van der Waals surface area contributed by atoms with Gasteiger partial charge in [-0.2, -0.15) is 0 Å². The molecular formula is C11H9Cl2FN2S. The van der Waals surface area contributed by atoms with Crippen molar-refractivity contribution < 1.29 is 4.39 Å². The molecule has 1 aromatic carbocycles. The number of nitrogens with one attached hydrogen (secondary N) is 1. The molecule has 0 amide bonds. The maximum atomic E-state index is 13.0. The third-order valence-electron chi connectivity index (χ3n) is 2.35. The molecule has 0 aliphatic heterocycles. The lowest BCUT2D eigenvalue weighted by molar-refractivity contribution is 0.618. The Morgan fingerprint density at radius 3 is 2.53 bits per heavy atom. The SMILES string of the molecule is NNC(c1ccc(F)cc1Cl)c1sccc1Cl. The van der Waals surface area contributed by atoms with Gasteiger partial charge in [-0.1, -0.05) is 29.3 Å². The second-order valence-corrected chi connectivity index (χ2v) is 5.16. The van der Waals surface area contributed by atoms with E-state index in [1.807, 2.05) is 5.38 Å². The first kappa shape index (κ1) is 12.8. The molecule has 0 radical (unpaired) electrons. The summed E-state index contributed by atoms with van der Waals surface area (Å²) in [7, 11) is 0. The highest BCUT2D eigenvalue weighted by Gasteiger charge is 2.19. The quantitative estimate of drug-likeness (QED) is 0.667. The molecular weight excluding hydrogens is 282 g/mol. The largest absolute Gasteiger partial charge is 0.271 e. The van der Waals surface area contributed by atoms with Gasteiger partial charge < -0.3 is 0 Å². The topological polar surface area (TPSA) is 38.0 Å². The molecule has 3 N–H and O–H groups in total. The summed E-state index contributed by atoms with van der Waals surface area (Å²) in [5, 5.41) is 2.79. The Bertz CT molecular complexity index is 530. The van der Waals surface area contributed by atoms with Crippen molar-refractivity contribution in [2.45, 2.75) is 6.04 Å². The first-order valence-corrected chi connectivity index (χ1v) is 6.41. The van der Waals surface area contributed by atoms with E-state index >= 15 is 0 Å². The van der Waals surface area contributed by atoms with Gasteiger partial charge in [-0.15, -0.1) is 11.3 Å². The molecule has 2 nitrogen and oxygen atoms in total. The molecule has 6 heteroatoms. The van der Waals surface area contributed by atoms with E-state index in [1.165, 1.54) is 23.5 Å². The van der Waals surface area contributed by atoms with Crippen molar-refractivity contribution in [3.63, 3.8) is 0 Å². The van der Waals surface area contributed by atoms with Crippen LogP contribution >= 0.6 is 34.5 Å². The van der Waals surface area contributed by atoms with Crippen molar-refractivity contribution in [1.29, 1.82) is 0 Å². The average Bonchev–Trinajstić information content (AvgIpc) is 2.69. The van der Waals surface area contributed by atoms with Gasteiger partial charge in [-0.05, 0) is 29.1 Å². The van der Waals surface area contributed by atoms with Crippen molar-refractivity contribution in [3.05, 3.63) is 55.9 Å². The van der Waals surface area contributed by atoms with Crippen LogP contribution in [0.25, 0.3) is 0 Å². The van der Waals surface area contributed by atoms with Crippen molar-refractivity contribution in [2.75, 3.05) is 0 Å². The number of hydrazine groups is 1. The van der Waals surface area contributed by atoms with Crippen LogP contribution in [0.2, 0.25) is 10.0 Å². The number of hydrogen-bond acceptors (Lipinski definition) is 3. The van der Waals surface area contributed by atoms with Gasteiger partial charge in [0.1, 0.15) is 5.82 Å². The summed E-state index contributed by atoms with van der Waals surface area (Å²) in [4.78, 5) is 0.850. The van der Waals surface area contributed by atoms with Crippen molar-refractivity contribution in [2.24, 2.45) is 5.84 Å². The summed E-state index contributed by atoms with van der Waals surface area (Å²) in [6, 6.07) is 5.63. The Morgan fingerprint density at radius 2 is 2.00 bits per heavy atom. The minimum absolute atomic E-state index is 0.317. The Morgan fingerprint density at radius 1 is 1.24 bits per heavy atom. The van der Waals surface area contributed by atoms with E-state index in [1.54, 1.807) is 12.1 Å². The number of thiophene rings is 1. The molecule has 0 aliphatic rings. The lowest BCUT2D eigenvalue weighted by Gasteiger charge is -2.16. The number of halogens is 3. The van der Waals surface area contributed by atoms with Crippen LogP contribution in [0.1, 0.15) is 16.5 Å². The molecule has 17 heavy (non-hydrogen) atoms. The molecule has 1 atom stereocenters. The highest BCUT2D eigenvalue weighted by Crippen LogP contribution is 2.35. The summed E-state index contributed by atoms with van der Waals surface area (Å²) < 4.78 is 13.0. The van der Waals surface area contributed by atoms with Crippen LogP contribution in [0.15, 0.2) is 29.6 Å².